The number of rotatable bonds is 6. The lowest BCUT2D eigenvalue weighted by Crippen LogP contribution is -2.46. The SMILES string of the molecule is C=CCn1cc(C[C@@H](C(=O)O)N2C(=O)c3ccccc3C2=O)c2ccccc21. The second-order valence-corrected chi connectivity index (χ2v) is 6.70. The summed E-state index contributed by atoms with van der Waals surface area (Å²) in [6, 6.07) is 12.8. The number of hydrogen-bond acceptors (Lipinski definition) is 3. The molecule has 0 aliphatic carbocycles. The monoisotopic (exact) mass is 374 g/mol. The van der Waals surface area contributed by atoms with Gasteiger partial charge in [-0.1, -0.05) is 36.4 Å². The smallest absolute Gasteiger partial charge is 0.327 e. The van der Waals surface area contributed by atoms with E-state index >= 15 is 0 Å². The highest BCUT2D eigenvalue weighted by molar-refractivity contribution is 6.22. The fourth-order valence-electron chi connectivity index (χ4n) is 3.76. The number of fused-ring (bicyclic) bond motifs is 2. The average molecular weight is 374 g/mol. The molecule has 28 heavy (non-hydrogen) atoms. The molecule has 0 unspecified atom stereocenters. The molecule has 3 aromatic rings. The number of carbonyl (C=O) groups is 3. The molecule has 1 atom stereocenters. The molecular formula is C22H18N2O4. The lowest BCUT2D eigenvalue weighted by atomic mass is 10.0. The van der Waals surface area contributed by atoms with Crippen molar-refractivity contribution in [3.05, 3.63) is 84.1 Å². The van der Waals surface area contributed by atoms with Crippen LogP contribution in [-0.2, 0) is 17.8 Å². The van der Waals surface area contributed by atoms with Crippen LogP contribution in [-0.4, -0.2) is 38.4 Å². The first-order chi connectivity index (χ1) is 13.5. The molecule has 1 N–H and O–H groups in total. The van der Waals surface area contributed by atoms with E-state index in [1.807, 2.05) is 35.0 Å². The average Bonchev–Trinajstić information content (AvgIpc) is 3.16. The van der Waals surface area contributed by atoms with Crippen molar-refractivity contribution in [2.24, 2.45) is 0 Å². The number of hydrogen-bond donors (Lipinski definition) is 1. The van der Waals surface area contributed by atoms with Crippen LogP contribution in [0.1, 0.15) is 26.3 Å². The Morgan fingerprint density at radius 2 is 1.64 bits per heavy atom. The number of benzene rings is 2. The molecule has 0 radical (unpaired) electrons. The van der Waals surface area contributed by atoms with Crippen molar-refractivity contribution in [3.8, 4) is 0 Å². The van der Waals surface area contributed by atoms with E-state index in [1.165, 1.54) is 0 Å². The summed E-state index contributed by atoms with van der Waals surface area (Å²) >= 11 is 0. The summed E-state index contributed by atoms with van der Waals surface area (Å²) in [4.78, 5) is 38.4. The Labute approximate surface area is 161 Å². The Balaban J connectivity index is 1.75. The molecule has 0 fully saturated rings. The predicted octanol–water partition coefficient (Wildman–Crippen LogP) is 3.12. The van der Waals surface area contributed by atoms with Gasteiger partial charge in [-0.3, -0.25) is 14.5 Å². The summed E-state index contributed by atoms with van der Waals surface area (Å²) in [5.74, 6) is -2.35. The molecule has 6 nitrogen and oxygen atoms in total. The maximum absolute atomic E-state index is 12.7. The van der Waals surface area contributed by atoms with Gasteiger partial charge in [0.15, 0.2) is 0 Å². The molecule has 0 saturated carbocycles. The standard InChI is InChI=1S/C22H18N2O4/c1-2-11-23-13-14(15-7-5-6-10-18(15)23)12-19(22(27)28)24-20(25)16-8-3-4-9-17(16)21(24)26/h2-10,13,19H,1,11-12H2,(H,27,28)/t19-/m0/s1. The van der Waals surface area contributed by atoms with Crippen molar-refractivity contribution in [2.75, 3.05) is 0 Å². The third-order valence-corrected chi connectivity index (χ3v) is 5.03. The van der Waals surface area contributed by atoms with E-state index in [1.54, 1.807) is 30.3 Å². The molecular weight excluding hydrogens is 356 g/mol. The summed E-state index contributed by atoms with van der Waals surface area (Å²) in [6.45, 7) is 4.33. The van der Waals surface area contributed by atoms with Gasteiger partial charge in [-0.15, -0.1) is 6.58 Å². The van der Waals surface area contributed by atoms with Gasteiger partial charge in [0.1, 0.15) is 6.04 Å². The second kappa shape index (κ2) is 6.81. The van der Waals surface area contributed by atoms with E-state index in [0.717, 1.165) is 21.4 Å². The first kappa shape index (κ1) is 17.7. The van der Waals surface area contributed by atoms with Gasteiger partial charge in [-0.05, 0) is 23.8 Å². The molecule has 2 amide bonds. The number of nitrogens with zero attached hydrogens (tertiary/aromatic N) is 2. The van der Waals surface area contributed by atoms with Crippen LogP contribution in [0.2, 0.25) is 0 Å². The number of imide groups is 1. The number of carboxylic acid groups (broad SMARTS) is 1. The molecule has 1 aliphatic rings. The summed E-state index contributed by atoms with van der Waals surface area (Å²) in [5.41, 5.74) is 2.20. The third kappa shape index (κ3) is 2.70. The quantitative estimate of drug-likeness (QED) is 0.531. The van der Waals surface area contributed by atoms with Gasteiger partial charge in [0.2, 0.25) is 0 Å². The first-order valence-corrected chi connectivity index (χ1v) is 8.90. The zero-order chi connectivity index (χ0) is 19.8. The highest BCUT2D eigenvalue weighted by Gasteiger charge is 2.43. The van der Waals surface area contributed by atoms with Crippen molar-refractivity contribution in [1.29, 1.82) is 0 Å². The van der Waals surface area contributed by atoms with Gasteiger partial charge in [-0.2, -0.15) is 0 Å². The lowest BCUT2D eigenvalue weighted by molar-refractivity contribution is -0.141. The van der Waals surface area contributed by atoms with Crippen LogP contribution in [0, 0.1) is 0 Å². The highest BCUT2D eigenvalue weighted by Crippen LogP contribution is 2.28. The topological polar surface area (TPSA) is 79.6 Å². The van der Waals surface area contributed by atoms with Crippen LogP contribution in [0.25, 0.3) is 10.9 Å². The predicted molar refractivity (Wildman–Crippen MR) is 104 cm³/mol. The van der Waals surface area contributed by atoms with Crippen LogP contribution in [0.5, 0.6) is 0 Å². The van der Waals surface area contributed by atoms with E-state index in [2.05, 4.69) is 6.58 Å². The van der Waals surface area contributed by atoms with Crippen molar-refractivity contribution in [1.82, 2.24) is 9.47 Å². The molecule has 0 saturated heterocycles. The summed E-state index contributed by atoms with van der Waals surface area (Å²) in [6.07, 6.45) is 3.65. The molecule has 4 rings (SSSR count). The van der Waals surface area contributed by atoms with Crippen LogP contribution < -0.4 is 0 Å². The van der Waals surface area contributed by atoms with Crippen molar-refractivity contribution in [2.45, 2.75) is 19.0 Å². The van der Waals surface area contributed by atoms with Crippen molar-refractivity contribution >= 4 is 28.7 Å². The molecule has 0 spiro atoms. The molecule has 6 heteroatoms. The van der Waals surface area contributed by atoms with Gasteiger partial charge >= 0.3 is 5.97 Å². The van der Waals surface area contributed by atoms with Crippen LogP contribution in [0.15, 0.2) is 67.4 Å². The summed E-state index contributed by atoms with van der Waals surface area (Å²) in [5, 5.41) is 10.7. The minimum Gasteiger partial charge on any atom is -0.480 e. The number of amides is 2. The van der Waals surface area contributed by atoms with Gasteiger partial charge in [0.25, 0.3) is 11.8 Å². The van der Waals surface area contributed by atoms with E-state index in [9.17, 15) is 19.5 Å². The fourth-order valence-corrected chi connectivity index (χ4v) is 3.76. The molecule has 1 aliphatic heterocycles. The molecule has 140 valence electrons. The number of aromatic nitrogens is 1. The Morgan fingerprint density at radius 3 is 2.25 bits per heavy atom. The summed E-state index contributed by atoms with van der Waals surface area (Å²) < 4.78 is 1.97. The number of carboxylic acids is 1. The number of para-hydroxylation sites is 1. The highest BCUT2D eigenvalue weighted by atomic mass is 16.4. The van der Waals surface area contributed by atoms with Crippen LogP contribution in [0.3, 0.4) is 0 Å². The molecule has 0 bridgehead atoms. The van der Waals surface area contributed by atoms with Gasteiger partial charge in [0.05, 0.1) is 11.1 Å². The number of aliphatic carboxylic acids is 1. The Kier molecular flexibility index (Phi) is 4.31. The fraction of sp³-hybridized carbons (Fsp3) is 0.136. The maximum Gasteiger partial charge on any atom is 0.327 e. The number of carbonyl (C=O) groups excluding carboxylic acids is 2. The van der Waals surface area contributed by atoms with E-state index < -0.39 is 23.8 Å². The minimum atomic E-state index is -1.28. The minimum absolute atomic E-state index is 0.0332. The Hall–Kier alpha value is -3.67. The van der Waals surface area contributed by atoms with E-state index in [0.29, 0.717) is 6.54 Å². The van der Waals surface area contributed by atoms with Gasteiger partial charge in [-0.25, -0.2) is 4.79 Å². The second-order valence-electron chi connectivity index (χ2n) is 6.70. The Bertz CT molecular complexity index is 1090. The molecule has 2 aromatic carbocycles. The van der Waals surface area contributed by atoms with Gasteiger partial charge < -0.3 is 9.67 Å². The van der Waals surface area contributed by atoms with Crippen molar-refractivity contribution in [3.63, 3.8) is 0 Å². The zero-order valence-corrected chi connectivity index (χ0v) is 15.0. The summed E-state index contributed by atoms with van der Waals surface area (Å²) in [7, 11) is 0. The van der Waals surface area contributed by atoms with Gasteiger partial charge in [0, 0.05) is 30.1 Å². The number of allylic oxidation sites excluding steroid dienone is 1. The van der Waals surface area contributed by atoms with E-state index in [-0.39, 0.29) is 17.5 Å². The van der Waals surface area contributed by atoms with Crippen LogP contribution in [0.4, 0.5) is 0 Å². The third-order valence-electron chi connectivity index (χ3n) is 5.03. The largest absolute Gasteiger partial charge is 0.480 e. The Morgan fingerprint density at radius 1 is 1.04 bits per heavy atom. The maximum atomic E-state index is 12.7. The van der Waals surface area contributed by atoms with Crippen molar-refractivity contribution < 1.29 is 19.5 Å². The van der Waals surface area contributed by atoms with Crippen LogP contribution >= 0.6 is 0 Å². The molecule has 1 aromatic heterocycles. The molecule has 2 heterocycles. The zero-order valence-electron chi connectivity index (χ0n) is 15.0. The first-order valence-electron chi connectivity index (χ1n) is 8.90. The lowest BCUT2D eigenvalue weighted by Gasteiger charge is -2.22. The normalized spacial score (nSPS) is 14.4. The van der Waals surface area contributed by atoms with E-state index in [4.69, 9.17) is 0 Å².